The number of amides is 2. The van der Waals surface area contributed by atoms with Gasteiger partial charge in [-0.05, 0) is 37.1 Å². The molecule has 3 aromatic rings. The Kier molecular flexibility index (Phi) is 6.25. The summed E-state index contributed by atoms with van der Waals surface area (Å²) in [6, 6.07) is 14.2. The molecule has 0 saturated carbocycles. The van der Waals surface area contributed by atoms with Crippen LogP contribution in [0.3, 0.4) is 0 Å². The van der Waals surface area contributed by atoms with Crippen LogP contribution in [0.4, 0.5) is 5.69 Å². The first-order valence-electron chi connectivity index (χ1n) is 9.67. The number of nitriles is 1. The normalized spacial score (nSPS) is 10.5. The summed E-state index contributed by atoms with van der Waals surface area (Å²) >= 11 is 0. The molecule has 0 bridgehead atoms. The van der Waals surface area contributed by atoms with Crippen LogP contribution < -0.4 is 5.32 Å². The van der Waals surface area contributed by atoms with Crippen LogP contribution >= 0.6 is 0 Å². The van der Waals surface area contributed by atoms with Gasteiger partial charge in [0.15, 0.2) is 5.69 Å². The third kappa shape index (κ3) is 4.11. The van der Waals surface area contributed by atoms with Gasteiger partial charge in [-0.15, -0.1) is 0 Å². The number of pyridine rings is 1. The molecule has 1 aromatic carbocycles. The maximum Gasteiger partial charge on any atom is 0.292 e. The highest BCUT2D eigenvalue weighted by atomic mass is 16.2. The van der Waals surface area contributed by atoms with Crippen molar-refractivity contribution in [3.05, 3.63) is 65.7 Å². The van der Waals surface area contributed by atoms with E-state index in [4.69, 9.17) is 0 Å². The molecule has 0 aliphatic rings. The van der Waals surface area contributed by atoms with Gasteiger partial charge in [-0.25, -0.2) is 4.98 Å². The molecule has 1 N–H and O–H groups in total. The second-order valence-electron chi connectivity index (χ2n) is 6.64. The van der Waals surface area contributed by atoms with Gasteiger partial charge in [0.05, 0.1) is 16.8 Å². The second-order valence-corrected chi connectivity index (χ2v) is 6.64. The Morgan fingerprint density at radius 2 is 1.79 bits per heavy atom. The van der Waals surface area contributed by atoms with Crippen molar-refractivity contribution in [3.8, 4) is 6.07 Å². The molecular weight excluding hydrogens is 366 g/mol. The lowest BCUT2D eigenvalue weighted by Crippen LogP contribution is -2.33. The van der Waals surface area contributed by atoms with E-state index < -0.39 is 5.91 Å². The van der Waals surface area contributed by atoms with Crippen LogP contribution in [-0.4, -0.2) is 39.2 Å². The lowest BCUT2D eigenvalue weighted by molar-refractivity contribution is 0.0752. The molecule has 2 heterocycles. The third-order valence-electron chi connectivity index (χ3n) is 4.52. The molecule has 2 aromatic heterocycles. The topological polar surface area (TPSA) is 90.5 Å². The fourth-order valence-electron chi connectivity index (χ4n) is 3.23. The van der Waals surface area contributed by atoms with E-state index in [0.717, 1.165) is 12.8 Å². The van der Waals surface area contributed by atoms with E-state index >= 15 is 0 Å². The zero-order valence-corrected chi connectivity index (χ0v) is 16.6. The summed E-state index contributed by atoms with van der Waals surface area (Å²) in [6.07, 6.45) is 3.39. The summed E-state index contributed by atoms with van der Waals surface area (Å²) in [7, 11) is 0. The van der Waals surface area contributed by atoms with Gasteiger partial charge in [-0.2, -0.15) is 5.26 Å². The lowest BCUT2D eigenvalue weighted by atomic mass is 10.2. The van der Waals surface area contributed by atoms with Crippen molar-refractivity contribution < 1.29 is 9.59 Å². The zero-order chi connectivity index (χ0) is 20.8. The Balaban J connectivity index is 2.00. The summed E-state index contributed by atoms with van der Waals surface area (Å²) in [5.41, 5.74) is 1.59. The molecule has 0 aliphatic carbocycles. The summed E-state index contributed by atoms with van der Waals surface area (Å²) in [5.74, 6) is -0.566. The van der Waals surface area contributed by atoms with E-state index in [-0.39, 0.29) is 17.4 Å². The number of fused-ring (bicyclic) bond motifs is 1. The highest BCUT2D eigenvalue weighted by Crippen LogP contribution is 2.19. The predicted molar refractivity (Wildman–Crippen MR) is 111 cm³/mol. The number of aromatic nitrogens is 2. The molecule has 0 atom stereocenters. The van der Waals surface area contributed by atoms with Crippen molar-refractivity contribution >= 4 is 23.0 Å². The summed E-state index contributed by atoms with van der Waals surface area (Å²) in [6.45, 7) is 5.31. The molecule has 0 spiro atoms. The molecule has 0 fully saturated rings. The number of nitrogens with zero attached hydrogens (tertiary/aromatic N) is 4. The van der Waals surface area contributed by atoms with E-state index in [9.17, 15) is 14.9 Å². The van der Waals surface area contributed by atoms with Crippen molar-refractivity contribution in [2.24, 2.45) is 0 Å². The summed E-state index contributed by atoms with van der Waals surface area (Å²) < 4.78 is 1.60. The fraction of sp³-hybridized carbons (Fsp3) is 0.273. The largest absolute Gasteiger partial charge is 0.337 e. The van der Waals surface area contributed by atoms with Gasteiger partial charge in [0.25, 0.3) is 11.8 Å². The lowest BCUT2D eigenvalue weighted by Gasteiger charge is -2.20. The Bertz CT molecular complexity index is 1070. The number of rotatable bonds is 7. The van der Waals surface area contributed by atoms with Gasteiger partial charge in [0.1, 0.15) is 6.07 Å². The molecule has 2 amide bonds. The number of carbonyl (C=O) groups is 2. The van der Waals surface area contributed by atoms with Crippen LogP contribution in [0.5, 0.6) is 0 Å². The number of carbonyl (C=O) groups excluding carboxylic acids is 2. The van der Waals surface area contributed by atoms with Gasteiger partial charge in [0, 0.05) is 19.3 Å². The summed E-state index contributed by atoms with van der Waals surface area (Å²) in [5, 5.41) is 12.0. The monoisotopic (exact) mass is 389 g/mol. The highest BCUT2D eigenvalue weighted by molar-refractivity contribution is 6.06. The Labute approximate surface area is 169 Å². The molecule has 148 valence electrons. The Hall–Kier alpha value is -3.66. The first-order valence-corrected chi connectivity index (χ1v) is 9.67. The van der Waals surface area contributed by atoms with Gasteiger partial charge < -0.3 is 10.2 Å². The van der Waals surface area contributed by atoms with Crippen molar-refractivity contribution in [1.29, 1.82) is 5.26 Å². The minimum absolute atomic E-state index is 0.102. The third-order valence-corrected chi connectivity index (χ3v) is 4.52. The highest BCUT2D eigenvalue weighted by Gasteiger charge is 2.25. The van der Waals surface area contributed by atoms with Crippen LogP contribution in [-0.2, 0) is 0 Å². The standard InChI is InChI=1S/C22H23N5O2/c1-3-12-26(13-4-2)22(29)19-18-11-7-8-14-27(18)20(25-19)21(28)24-17-10-6-5-9-16(17)15-23/h5-11,14H,3-4,12-13H2,1-2H3,(H,24,28). The van der Waals surface area contributed by atoms with E-state index in [1.807, 2.05) is 19.9 Å². The minimum atomic E-state index is -0.481. The molecule has 0 radical (unpaired) electrons. The Morgan fingerprint density at radius 3 is 2.48 bits per heavy atom. The molecule has 0 unspecified atom stereocenters. The van der Waals surface area contributed by atoms with Crippen LogP contribution in [0.25, 0.3) is 5.52 Å². The van der Waals surface area contributed by atoms with Crippen molar-refractivity contribution in [1.82, 2.24) is 14.3 Å². The van der Waals surface area contributed by atoms with E-state index in [2.05, 4.69) is 16.4 Å². The number of anilines is 1. The first kappa shape index (κ1) is 20.1. The molecule has 0 saturated heterocycles. The van der Waals surface area contributed by atoms with Crippen LogP contribution in [0.1, 0.15) is 53.4 Å². The number of benzene rings is 1. The van der Waals surface area contributed by atoms with Gasteiger partial charge >= 0.3 is 0 Å². The summed E-state index contributed by atoms with van der Waals surface area (Å²) in [4.78, 5) is 32.2. The minimum Gasteiger partial charge on any atom is -0.337 e. The van der Waals surface area contributed by atoms with Gasteiger partial charge in [-0.3, -0.25) is 14.0 Å². The molecule has 7 nitrogen and oxygen atoms in total. The number of imidazole rings is 1. The van der Waals surface area contributed by atoms with Crippen LogP contribution in [0.2, 0.25) is 0 Å². The van der Waals surface area contributed by atoms with E-state index in [1.165, 1.54) is 0 Å². The van der Waals surface area contributed by atoms with Crippen LogP contribution in [0.15, 0.2) is 48.7 Å². The molecule has 7 heteroatoms. The molecule has 3 rings (SSSR count). The quantitative estimate of drug-likeness (QED) is 0.667. The van der Waals surface area contributed by atoms with Gasteiger partial charge in [-0.1, -0.05) is 32.0 Å². The molecule has 29 heavy (non-hydrogen) atoms. The fourth-order valence-corrected chi connectivity index (χ4v) is 3.23. The smallest absolute Gasteiger partial charge is 0.292 e. The number of hydrogen-bond acceptors (Lipinski definition) is 4. The maximum absolute atomic E-state index is 13.1. The van der Waals surface area contributed by atoms with Crippen molar-refractivity contribution in [2.75, 3.05) is 18.4 Å². The SMILES string of the molecule is CCCN(CCC)C(=O)c1nc(C(=O)Nc2ccccc2C#N)n2ccccc12. The zero-order valence-electron chi connectivity index (χ0n) is 16.6. The van der Waals surface area contributed by atoms with E-state index in [0.29, 0.717) is 29.9 Å². The number of para-hydroxylation sites is 1. The van der Waals surface area contributed by atoms with Crippen molar-refractivity contribution in [2.45, 2.75) is 26.7 Å². The van der Waals surface area contributed by atoms with Crippen LogP contribution in [0, 0.1) is 11.3 Å². The average molecular weight is 389 g/mol. The average Bonchev–Trinajstić information content (AvgIpc) is 3.13. The van der Waals surface area contributed by atoms with Gasteiger partial charge in [0.2, 0.25) is 5.82 Å². The number of hydrogen-bond donors (Lipinski definition) is 1. The van der Waals surface area contributed by atoms with E-state index in [1.54, 1.807) is 51.9 Å². The Morgan fingerprint density at radius 1 is 1.10 bits per heavy atom. The molecular formula is C22H23N5O2. The predicted octanol–water partition coefficient (Wildman–Crippen LogP) is 3.72. The second kappa shape index (κ2) is 9.02. The van der Waals surface area contributed by atoms with Crippen molar-refractivity contribution in [3.63, 3.8) is 0 Å². The first-order chi connectivity index (χ1) is 14.1. The number of nitrogens with one attached hydrogen (secondary N) is 1. The maximum atomic E-state index is 13.1. The molecule has 0 aliphatic heterocycles.